The Kier molecular flexibility index (Phi) is 6.67. The molecule has 0 radical (unpaired) electrons. The van der Waals surface area contributed by atoms with Crippen LogP contribution in [0.1, 0.15) is 15.9 Å². The maximum atomic E-state index is 12.8. The van der Waals surface area contributed by atoms with Gasteiger partial charge in [0.15, 0.2) is 11.5 Å². The summed E-state index contributed by atoms with van der Waals surface area (Å²) in [4.78, 5) is 23.8. The lowest BCUT2D eigenvalue weighted by molar-refractivity contribution is -0.120. The van der Waals surface area contributed by atoms with Crippen LogP contribution in [0.2, 0.25) is 0 Å². The number of carbonyl (C=O) groups excluding carboxylic acids is 2. The summed E-state index contributed by atoms with van der Waals surface area (Å²) in [5.41, 5.74) is 3.22. The molecule has 2 amide bonds. The molecular formula is C18H18FN3O4. The predicted octanol–water partition coefficient (Wildman–Crippen LogP) is 1.72. The van der Waals surface area contributed by atoms with Crippen LogP contribution in [0.5, 0.6) is 11.5 Å². The average molecular weight is 359 g/mol. The molecule has 2 aromatic carbocycles. The number of carbonyl (C=O) groups is 2. The summed E-state index contributed by atoms with van der Waals surface area (Å²) in [6.07, 6.45) is 1.37. The van der Waals surface area contributed by atoms with Crippen LogP contribution < -0.4 is 20.2 Å². The van der Waals surface area contributed by atoms with Gasteiger partial charge in [0.2, 0.25) is 0 Å². The van der Waals surface area contributed by atoms with Crippen molar-refractivity contribution in [3.8, 4) is 11.5 Å². The number of halogens is 1. The minimum Gasteiger partial charge on any atom is -0.493 e. The van der Waals surface area contributed by atoms with Crippen LogP contribution in [-0.4, -0.2) is 38.8 Å². The van der Waals surface area contributed by atoms with Gasteiger partial charge in [0.25, 0.3) is 11.8 Å². The Morgan fingerprint density at radius 1 is 1.08 bits per heavy atom. The van der Waals surface area contributed by atoms with Crippen molar-refractivity contribution in [1.29, 1.82) is 0 Å². The van der Waals surface area contributed by atoms with E-state index in [0.717, 1.165) is 0 Å². The predicted molar refractivity (Wildman–Crippen MR) is 94.0 cm³/mol. The molecule has 0 aliphatic carbocycles. The van der Waals surface area contributed by atoms with Crippen LogP contribution in [0.3, 0.4) is 0 Å². The lowest BCUT2D eigenvalue weighted by Gasteiger charge is -2.09. The third-order valence-corrected chi connectivity index (χ3v) is 3.33. The number of ether oxygens (including phenoxy) is 2. The van der Waals surface area contributed by atoms with Crippen LogP contribution in [0.15, 0.2) is 47.6 Å². The third kappa shape index (κ3) is 5.30. The van der Waals surface area contributed by atoms with E-state index in [1.165, 1.54) is 50.8 Å². The van der Waals surface area contributed by atoms with Gasteiger partial charge in [0, 0.05) is 5.56 Å². The molecule has 0 aliphatic rings. The Hall–Kier alpha value is -3.42. The Morgan fingerprint density at radius 2 is 1.77 bits per heavy atom. The summed E-state index contributed by atoms with van der Waals surface area (Å²) in [6.45, 7) is -0.256. The molecule has 7 nitrogen and oxygen atoms in total. The van der Waals surface area contributed by atoms with E-state index in [4.69, 9.17) is 9.47 Å². The number of hydrogen-bond donors (Lipinski definition) is 2. The van der Waals surface area contributed by atoms with Crippen LogP contribution in [-0.2, 0) is 4.79 Å². The summed E-state index contributed by atoms with van der Waals surface area (Å²) in [6, 6.07) is 10.3. The summed E-state index contributed by atoms with van der Waals surface area (Å²) in [7, 11) is 2.96. The van der Waals surface area contributed by atoms with Gasteiger partial charge in [-0.25, -0.2) is 9.82 Å². The minimum atomic E-state index is -0.503. The summed E-state index contributed by atoms with van der Waals surface area (Å²) >= 11 is 0. The molecule has 136 valence electrons. The summed E-state index contributed by atoms with van der Waals surface area (Å²) < 4.78 is 23.0. The second kappa shape index (κ2) is 9.16. The van der Waals surface area contributed by atoms with Crippen LogP contribution in [0.25, 0.3) is 0 Å². The number of hydrogen-bond acceptors (Lipinski definition) is 5. The zero-order valence-electron chi connectivity index (χ0n) is 14.3. The molecule has 0 atom stereocenters. The van der Waals surface area contributed by atoms with Crippen LogP contribution in [0, 0.1) is 5.82 Å². The van der Waals surface area contributed by atoms with Gasteiger partial charge in [-0.05, 0) is 35.9 Å². The smallest absolute Gasteiger partial charge is 0.259 e. The number of benzene rings is 2. The summed E-state index contributed by atoms with van der Waals surface area (Å²) in [5, 5.41) is 6.21. The Balaban J connectivity index is 1.84. The zero-order valence-corrected chi connectivity index (χ0v) is 14.3. The van der Waals surface area contributed by atoms with Gasteiger partial charge >= 0.3 is 0 Å². The fourth-order valence-electron chi connectivity index (χ4n) is 2.01. The summed E-state index contributed by atoms with van der Waals surface area (Å²) in [5.74, 6) is -0.393. The molecule has 2 N–H and O–H groups in total. The molecule has 0 unspecified atom stereocenters. The van der Waals surface area contributed by atoms with Gasteiger partial charge in [-0.2, -0.15) is 5.10 Å². The molecule has 0 spiro atoms. The Morgan fingerprint density at radius 3 is 2.42 bits per heavy atom. The first-order valence-corrected chi connectivity index (χ1v) is 7.61. The lowest BCUT2D eigenvalue weighted by Crippen LogP contribution is -2.34. The van der Waals surface area contributed by atoms with Crippen molar-refractivity contribution in [2.75, 3.05) is 20.8 Å². The van der Waals surface area contributed by atoms with Crippen molar-refractivity contribution in [2.45, 2.75) is 0 Å². The highest BCUT2D eigenvalue weighted by molar-refractivity contribution is 5.97. The van der Waals surface area contributed by atoms with Gasteiger partial charge < -0.3 is 14.8 Å². The van der Waals surface area contributed by atoms with Crippen molar-refractivity contribution < 1.29 is 23.5 Å². The first-order chi connectivity index (χ1) is 12.5. The highest BCUT2D eigenvalue weighted by Crippen LogP contribution is 2.27. The van der Waals surface area contributed by atoms with E-state index in [9.17, 15) is 14.0 Å². The van der Waals surface area contributed by atoms with E-state index in [0.29, 0.717) is 22.6 Å². The van der Waals surface area contributed by atoms with Gasteiger partial charge in [0.1, 0.15) is 5.82 Å². The van der Waals surface area contributed by atoms with E-state index in [-0.39, 0.29) is 12.4 Å². The van der Waals surface area contributed by atoms with Crippen molar-refractivity contribution in [2.24, 2.45) is 5.10 Å². The Bertz CT molecular complexity index is 807. The number of rotatable bonds is 7. The van der Waals surface area contributed by atoms with E-state index < -0.39 is 11.8 Å². The van der Waals surface area contributed by atoms with Gasteiger partial charge in [0.05, 0.1) is 27.0 Å². The fourth-order valence-corrected chi connectivity index (χ4v) is 2.01. The van der Waals surface area contributed by atoms with Crippen LogP contribution in [0.4, 0.5) is 4.39 Å². The van der Waals surface area contributed by atoms with Crippen LogP contribution >= 0.6 is 0 Å². The monoisotopic (exact) mass is 359 g/mol. The highest BCUT2D eigenvalue weighted by Gasteiger charge is 2.11. The first kappa shape index (κ1) is 18.9. The molecule has 0 fully saturated rings. The molecule has 8 heteroatoms. The van der Waals surface area contributed by atoms with Crippen molar-refractivity contribution >= 4 is 18.0 Å². The highest BCUT2D eigenvalue weighted by atomic mass is 19.1. The van der Waals surface area contributed by atoms with E-state index >= 15 is 0 Å². The SMILES string of the molecule is COc1ccc(C(=O)NCC(=O)N/N=C\c2ccc(F)cc2)cc1OC. The molecule has 0 aliphatic heterocycles. The van der Waals surface area contributed by atoms with E-state index in [2.05, 4.69) is 15.8 Å². The topological polar surface area (TPSA) is 89.0 Å². The molecular weight excluding hydrogens is 341 g/mol. The van der Waals surface area contributed by atoms with Crippen molar-refractivity contribution in [3.63, 3.8) is 0 Å². The van der Waals surface area contributed by atoms with E-state index in [1.54, 1.807) is 12.1 Å². The first-order valence-electron chi connectivity index (χ1n) is 7.61. The third-order valence-electron chi connectivity index (χ3n) is 3.33. The molecule has 2 aromatic rings. The van der Waals surface area contributed by atoms with Gasteiger partial charge in [-0.15, -0.1) is 0 Å². The molecule has 0 heterocycles. The molecule has 0 aromatic heterocycles. The molecule has 0 saturated carbocycles. The minimum absolute atomic E-state index is 0.256. The molecule has 2 rings (SSSR count). The van der Waals surface area contributed by atoms with Gasteiger partial charge in [-0.3, -0.25) is 9.59 Å². The average Bonchev–Trinajstić information content (AvgIpc) is 2.67. The van der Waals surface area contributed by atoms with Crippen molar-refractivity contribution in [3.05, 3.63) is 59.4 Å². The fraction of sp³-hybridized carbons (Fsp3) is 0.167. The number of methoxy groups -OCH3 is 2. The van der Waals surface area contributed by atoms with E-state index in [1.807, 2.05) is 0 Å². The normalized spacial score (nSPS) is 10.4. The number of hydrazone groups is 1. The number of nitrogens with zero attached hydrogens (tertiary/aromatic N) is 1. The quantitative estimate of drug-likeness (QED) is 0.582. The molecule has 0 saturated heterocycles. The van der Waals surface area contributed by atoms with Gasteiger partial charge in [-0.1, -0.05) is 12.1 Å². The second-order valence-corrected chi connectivity index (χ2v) is 5.10. The number of amides is 2. The maximum Gasteiger partial charge on any atom is 0.259 e. The maximum absolute atomic E-state index is 12.8. The standard InChI is InChI=1S/C18H18FN3O4/c1-25-15-8-5-13(9-16(15)26-2)18(24)20-11-17(23)22-21-10-12-3-6-14(19)7-4-12/h3-10H,11H2,1-2H3,(H,20,24)(H,22,23)/b21-10-. The lowest BCUT2D eigenvalue weighted by atomic mass is 10.2. The second-order valence-electron chi connectivity index (χ2n) is 5.10. The molecule has 0 bridgehead atoms. The zero-order chi connectivity index (χ0) is 18.9. The van der Waals surface area contributed by atoms with Crippen molar-refractivity contribution in [1.82, 2.24) is 10.7 Å². The Labute approximate surface area is 149 Å². The number of nitrogens with one attached hydrogen (secondary N) is 2. The molecule has 26 heavy (non-hydrogen) atoms. The largest absolute Gasteiger partial charge is 0.493 e.